The Hall–Kier alpha value is -3.31. The molecule has 2 aliphatic carbocycles. The molecule has 6 nitrogen and oxygen atoms in total. The molecule has 0 spiro atoms. The number of benzene rings is 2. The quantitative estimate of drug-likeness (QED) is 0.262. The molecular weight excluding hydrogens is 582 g/mol. The van der Waals surface area contributed by atoms with Gasteiger partial charge in [-0.15, -0.1) is 5.10 Å². The molecule has 3 aromatic rings. The lowest BCUT2D eigenvalue weighted by atomic mass is 9.83. The molecule has 1 fully saturated rings. The number of hydrogen-bond donors (Lipinski definition) is 0. The fourth-order valence-corrected chi connectivity index (χ4v) is 7.58. The van der Waals surface area contributed by atoms with E-state index in [0.717, 1.165) is 68.6 Å². The van der Waals surface area contributed by atoms with Gasteiger partial charge in [0.2, 0.25) is 0 Å². The minimum absolute atomic E-state index is 0.108. The summed E-state index contributed by atoms with van der Waals surface area (Å²) >= 11 is 0. The zero-order valence-corrected chi connectivity index (χ0v) is 25.1. The van der Waals surface area contributed by atoms with E-state index in [9.17, 15) is 26.3 Å². The first kappa shape index (κ1) is 30.7. The number of hydrogen-bond acceptors (Lipinski definition) is 5. The molecule has 12 heteroatoms. The smallest absolute Gasteiger partial charge is 0.371 e. The average Bonchev–Trinajstić information content (AvgIpc) is 3.60. The lowest BCUT2D eigenvalue weighted by Gasteiger charge is -2.36. The van der Waals surface area contributed by atoms with Crippen molar-refractivity contribution in [1.29, 1.82) is 0 Å². The van der Waals surface area contributed by atoms with E-state index in [1.807, 2.05) is 0 Å². The van der Waals surface area contributed by atoms with E-state index in [1.165, 1.54) is 47.2 Å². The molecular formula is C32H38F6N6. The molecule has 1 aromatic heterocycles. The molecule has 44 heavy (non-hydrogen) atoms. The van der Waals surface area contributed by atoms with Gasteiger partial charge in [-0.1, -0.05) is 24.0 Å². The Kier molecular flexibility index (Phi) is 8.30. The van der Waals surface area contributed by atoms with Gasteiger partial charge in [0.1, 0.15) is 0 Å². The number of halogens is 6. The van der Waals surface area contributed by atoms with Crippen LogP contribution in [0.5, 0.6) is 0 Å². The monoisotopic (exact) mass is 620 g/mol. The third-order valence-corrected chi connectivity index (χ3v) is 9.59. The van der Waals surface area contributed by atoms with Crippen molar-refractivity contribution in [1.82, 2.24) is 20.2 Å². The lowest BCUT2D eigenvalue weighted by molar-refractivity contribution is -0.143. The van der Waals surface area contributed by atoms with Crippen LogP contribution in [0.4, 0.5) is 38.0 Å². The maximum absolute atomic E-state index is 13.8. The minimum atomic E-state index is -4.93. The number of nitrogens with zero attached hydrogens (tertiary/aromatic N) is 6. The summed E-state index contributed by atoms with van der Waals surface area (Å²) in [5.74, 6) is 0.785. The Morgan fingerprint density at radius 1 is 0.864 bits per heavy atom. The van der Waals surface area contributed by atoms with Crippen molar-refractivity contribution >= 4 is 11.6 Å². The van der Waals surface area contributed by atoms with Gasteiger partial charge >= 0.3 is 12.4 Å². The summed E-state index contributed by atoms with van der Waals surface area (Å²) in [6.07, 6.45) is 0.639. The van der Waals surface area contributed by atoms with Crippen molar-refractivity contribution in [2.45, 2.75) is 96.1 Å². The molecule has 0 radical (unpaired) electrons. The van der Waals surface area contributed by atoms with Gasteiger partial charge in [-0.2, -0.15) is 31.1 Å². The highest BCUT2D eigenvalue weighted by Gasteiger charge is 2.38. The molecule has 1 unspecified atom stereocenters. The summed E-state index contributed by atoms with van der Waals surface area (Å²) in [4.78, 5) is 5.52. The fourth-order valence-electron chi connectivity index (χ4n) is 7.58. The largest absolute Gasteiger partial charge is 0.416 e. The van der Waals surface area contributed by atoms with Crippen LogP contribution in [-0.4, -0.2) is 33.3 Å². The summed E-state index contributed by atoms with van der Waals surface area (Å²) in [7, 11) is 1.59. The van der Waals surface area contributed by atoms with Crippen molar-refractivity contribution in [3.63, 3.8) is 0 Å². The predicted octanol–water partition coefficient (Wildman–Crippen LogP) is 7.97. The van der Waals surface area contributed by atoms with Crippen LogP contribution < -0.4 is 9.80 Å². The highest BCUT2D eigenvalue weighted by molar-refractivity contribution is 5.67. The molecule has 0 bridgehead atoms. The predicted molar refractivity (Wildman–Crippen MR) is 155 cm³/mol. The minimum Gasteiger partial charge on any atom is -0.371 e. The second-order valence-corrected chi connectivity index (χ2v) is 12.7. The summed E-state index contributed by atoms with van der Waals surface area (Å²) in [5, 5.41) is 12.6. The van der Waals surface area contributed by atoms with Gasteiger partial charge in [0.25, 0.3) is 5.95 Å². The molecule has 0 saturated heterocycles. The molecule has 238 valence electrons. The molecule has 6 rings (SSSR count). The summed E-state index contributed by atoms with van der Waals surface area (Å²) < 4.78 is 82.8. The van der Waals surface area contributed by atoms with Gasteiger partial charge in [0, 0.05) is 25.3 Å². The summed E-state index contributed by atoms with van der Waals surface area (Å²) in [5.41, 5.74) is 3.35. The first-order valence-corrected chi connectivity index (χ1v) is 15.6. The molecule has 1 aliphatic heterocycles. The van der Waals surface area contributed by atoms with Gasteiger partial charge in [-0.05, 0) is 115 Å². The second-order valence-electron chi connectivity index (χ2n) is 12.7. The van der Waals surface area contributed by atoms with Crippen LogP contribution in [-0.2, 0) is 38.8 Å². The van der Waals surface area contributed by atoms with Crippen LogP contribution >= 0.6 is 0 Å². The van der Waals surface area contributed by atoms with Crippen LogP contribution in [0.1, 0.15) is 96.4 Å². The third-order valence-electron chi connectivity index (χ3n) is 9.59. The molecule has 2 aromatic carbocycles. The van der Waals surface area contributed by atoms with Crippen molar-refractivity contribution < 1.29 is 26.3 Å². The number of anilines is 2. The second kappa shape index (κ2) is 11.9. The zero-order chi connectivity index (χ0) is 31.2. The summed E-state index contributed by atoms with van der Waals surface area (Å²) in [6, 6.07) is 3.68. The van der Waals surface area contributed by atoms with E-state index in [-0.39, 0.29) is 30.2 Å². The van der Waals surface area contributed by atoms with E-state index in [4.69, 9.17) is 0 Å². The lowest BCUT2D eigenvalue weighted by Crippen LogP contribution is -2.32. The maximum atomic E-state index is 13.8. The Morgan fingerprint density at radius 3 is 2.18 bits per heavy atom. The fraction of sp³-hybridized carbons (Fsp3) is 0.594. The Morgan fingerprint density at radius 2 is 1.55 bits per heavy atom. The number of aromatic nitrogens is 4. The number of fused-ring (bicyclic) bond motifs is 2. The van der Waals surface area contributed by atoms with Gasteiger partial charge in [-0.3, -0.25) is 0 Å². The molecule has 1 saturated carbocycles. The molecule has 2 heterocycles. The van der Waals surface area contributed by atoms with Crippen LogP contribution in [0.15, 0.2) is 24.3 Å². The van der Waals surface area contributed by atoms with Crippen LogP contribution in [0.3, 0.4) is 0 Å². The zero-order valence-electron chi connectivity index (χ0n) is 25.1. The van der Waals surface area contributed by atoms with E-state index >= 15 is 0 Å². The maximum Gasteiger partial charge on any atom is 0.416 e. The number of alkyl halides is 6. The molecule has 3 aliphatic rings. The Bertz CT molecular complexity index is 1460. The number of aryl methyl sites for hydroxylation is 2. The van der Waals surface area contributed by atoms with Crippen molar-refractivity contribution in [2.75, 3.05) is 22.9 Å². The van der Waals surface area contributed by atoms with Gasteiger partial charge in [0.15, 0.2) is 0 Å². The number of tetrazole rings is 1. The van der Waals surface area contributed by atoms with Crippen LogP contribution in [0.2, 0.25) is 0 Å². The van der Waals surface area contributed by atoms with Crippen LogP contribution in [0, 0.1) is 12.8 Å². The molecule has 0 amide bonds. The van der Waals surface area contributed by atoms with E-state index < -0.39 is 23.5 Å². The third kappa shape index (κ3) is 6.26. The van der Waals surface area contributed by atoms with Crippen LogP contribution in [0.25, 0.3) is 0 Å². The number of rotatable bonds is 6. The van der Waals surface area contributed by atoms with Gasteiger partial charge in [0.05, 0.1) is 24.2 Å². The van der Waals surface area contributed by atoms with Crippen molar-refractivity contribution in [3.8, 4) is 0 Å². The highest BCUT2D eigenvalue weighted by Crippen LogP contribution is 2.45. The Balaban J connectivity index is 1.48. The first-order valence-electron chi connectivity index (χ1n) is 15.6. The van der Waals surface area contributed by atoms with E-state index in [1.54, 1.807) is 11.9 Å². The van der Waals surface area contributed by atoms with Gasteiger partial charge in [-0.25, -0.2) is 0 Å². The SMILES string of the molecule is Cc1c2c(cc3c1N(CC1CCCC1)CCCC3N(Cc1cc(C(F)(F)F)cc(C(F)(F)F)c1)c1nnn(C)n1)CCCC2. The Labute approximate surface area is 253 Å². The van der Waals surface area contributed by atoms with Crippen molar-refractivity contribution in [2.24, 2.45) is 13.0 Å². The molecule has 1 atom stereocenters. The standard InChI is InChI=1S/C32H38F6N6/c1-20-26-11-6-5-10-23(26)16-27-28(12-7-13-43(29(20)27)18-21-8-3-4-9-21)44(30-39-41-42(2)40-30)19-22-14-24(31(33,34)35)17-25(15-22)32(36,37)38/h14-17,21,28H,3-13,18-19H2,1-2H3. The van der Waals surface area contributed by atoms with E-state index in [0.29, 0.717) is 12.3 Å². The normalized spacial score (nSPS) is 19.5. The van der Waals surface area contributed by atoms with E-state index in [2.05, 4.69) is 33.3 Å². The first-order chi connectivity index (χ1) is 20.9. The summed E-state index contributed by atoms with van der Waals surface area (Å²) in [6.45, 7) is 3.73. The topological polar surface area (TPSA) is 50.1 Å². The van der Waals surface area contributed by atoms with Gasteiger partial charge < -0.3 is 9.80 Å². The van der Waals surface area contributed by atoms with Crippen molar-refractivity contribution in [3.05, 3.63) is 63.2 Å². The average molecular weight is 621 g/mol. The molecule has 0 N–H and O–H groups in total. The highest BCUT2D eigenvalue weighted by atomic mass is 19.4.